The molecule has 0 heterocycles. The molecule has 0 aliphatic rings. The highest BCUT2D eigenvalue weighted by molar-refractivity contribution is 5.71. The molecule has 0 saturated heterocycles. The Kier molecular flexibility index (Phi) is 3.88. The summed E-state index contributed by atoms with van der Waals surface area (Å²) in [5, 5.41) is 8.61. The molecule has 0 spiro atoms. The van der Waals surface area contributed by atoms with Crippen molar-refractivity contribution in [1.82, 2.24) is 0 Å². The molecule has 0 saturated carbocycles. The van der Waals surface area contributed by atoms with Crippen molar-refractivity contribution in [3.63, 3.8) is 0 Å². The first-order valence-corrected chi connectivity index (χ1v) is 4.29. The average molecular weight is 192 g/mol. The molecule has 0 bridgehead atoms. The van der Waals surface area contributed by atoms with Crippen LogP contribution < -0.4 is 4.74 Å². The zero-order valence-corrected chi connectivity index (χ0v) is 7.93. The first kappa shape index (κ1) is 10.5. The Hall–Kier alpha value is -1.61. The molecule has 14 heavy (non-hydrogen) atoms. The molecular formula is C11H12O3. The normalized spacial score (nSPS) is 10.4. The molecule has 0 amide bonds. The lowest BCUT2D eigenvalue weighted by Crippen LogP contribution is -2.02. The standard InChI is InChI=1S/C11H12O3/c1-9(13)14-11-7-3-2-5-10(11)6-4-8-12/h2-7,12H,8H2,1H3. The van der Waals surface area contributed by atoms with Gasteiger partial charge in [-0.15, -0.1) is 0 Å². The van der Waals surface area contributed by atoms with Crippen LogP contribution in [0.1, 0.15) is 12.5 Å². The number of carbonyl (C=O) groups is 1. The third kappa shape index (κ3) is 3.03. The summed E-state index contributed by atoms with van der Waals surface area (Å²) in [5.41, 5.74) is 0.775. The molecule has 1 N–H and O–H groups in total. The summed E-state index contributed by atoms with van der Waals surface area (Å²) in [4.78, 5) is 10.7. The number of esters is 1. The Morgan fingerprint density at radius 3 is 2.86 bits per heavy atom. The third-order valence-corrected chi connectivity index (χ3v) is 1.58. The van der Waals surface area contributed by atoms with Crippen molar-refractivity contribution in [1.29, 1.82) is 0 Å². The highest BCUT2D eigenvalue weighted by Gasteiger charge is 2.01. The fraction of sp³-hybridized carbons (Fsp3) is 0.182. The first-order chi connectivity index (χ1) is 6.74. The minimum Gasteiger partial charge on any atom is -0.426 e. The minimum absolute atomic E-state index is 0.0333. The van der Waals surface area contributed by atoms with Crippen LogP contribution in [-0.4, -0.2) is 17.7 Å². The Morgan fingerprint density at radius 2 is 2.21 bits per heavy atom. The van der Waals surface area contributed by atoms with Gasteiger partial charge in [-0.1, -0.05) is 30.4 Å². The second-order valence-electron chi connectivity index (χ2n) is 2.72. The van der Waals surface area contributed by atoms with Crippen LogP contribution >= 0.6 is 0 Å². The smallest absolute Gasteiger partial charge is 0.308 e. The number of aliphatic hydroxyl groups excluding tert-OH is 1. The Labute approximate surface area is 82.6 Å². The van der Waals surface area contributed by atoms with Gasteiger partial charge in [-0.2, -0.15) is 0 Å². The lowest BCUT2D eigenvalue weighted by atomic mass is 10.2. The van der Waals surface area contributed by atoms with Crippen molar-refractivity contribution in [3.05, 3.63) is 35.9 Å². The average Bonchev–Trinajstić information content (AvgIpc) is 2.16. The molecule has 0 radical (unpaired) electrons. The van der Waals surface area contributed by atoms with Gasteiger partial charge in [-0.3, -0.25) is 4.79 Å². The fourth-order valence-electron chi connectivity index (χ4n) is 1.05. The summed E-state index contributed by atoms with van der Waals surface area (Å²) < 4.78 is 4.97. The van der Waals surface area contributed by atoms with E-state index in [4.69, 9.17) is 9.84 Å². The van der Waals surface area contributed by atoms with E-state index in [2.05, 4.69) is 0 Å². The monoisotopic (exact) mass is 192 g/mol. The van der Waals surface area contributed by atoms with Gasteiger partial charge in [0.15, 0.2) is 0 Å². The summed E-state index contributed by atoms with van der Waals surface area (Å²) in [6.45, 7) is 1.32. The zero-order chi connectivity index (χ0) is 10.4. The van der Waals surface area contributed by atoms with Gasteiger partial charge >= 0.3 is 5.97 Å². The molecule has 3 heteroatoms. The molecule has 0 fully saturated rings. The van der Waals surface area contributed by atoms with Crippen molar-refractivity contribution in [2.75, 3.05) is 6.61 Å². The topological polar surface area (TPSA) is 46.5 Å². The number of hydrogen-bond donors (Lipinski definition) is 1. The Balaban J connectivity index is 2.90. The van der Waals surface area contributed by atoms with E-state index in [1.54, 1.807) is 24.3 Å². The molecule has 0 aliphatic heterocycles. The highest BCUT2D eigenvalue weighted by Crippen LogP contribution is 2.19. The van der Waals surface area contributed by atoms with Crippen molar-refractivity contribution in [3.8, 4) is 5.75 Å². The van der Waals surface area contributed by atoms with Crippen LogP contribution in [0.25, 0.3) is 6.08 Å². The minimum atomic E-state index is -0.352. The summed E-state index contributed by atoms with van der Waals surface area (Å²) in [7, 11) is 0. The van der Waals surface area contributed by atoms with E-state index < -0.39 is 0 Å². The highest BCUT2D eigenvalue weighted by atomic mass is 16.5. The van der Waals surface area contributed by atoms with Crippen LogP contribution in [0.2, 0.25) is 0 Å². The van der Waals surface area contributed by atoms with Gasteiger partial charge in [-0.25, -0.2) is 0 Å². The van der Waals surface area contributed by atoms with Gasteiger partial charge in [0.25, 0.3) is 0 Å². The SMILES string of the molecule is CC(=O)Oc1ccccc1C=CCO. The van der Waals surface area contributed by atoms with Crippen LogP contribution in [-0.2, 0) is 4.79 Å². The summed E-state index contributed by atoms with van der Waals surface area (Å²) in [6, 6.07) is 7.14. The number of aliphatic hydroxyl groups is 1. The molecule has 1 rings (SSSR count). The largest absolute Gasteiger partial charge is 0.426 e. The number of rotatable bonds is 3. The van der Waals surface area contributed by atoms with E-state index in [1.807, 2.05) is 12.1 Å². The number of ether oxygens (including phenoxy) is 1. The lowest BCUT2D eigenvalue weighted by molar-refractivity contribution is -0.131. The molecule has 74 valence electrons. The van der Waals surface area contributed by atoms with Crippen molar-refractivity contribution in [2.45, 2.75) is 6.92 Å². The lowest BCUT2D eigenvalue weighted by Gasteiger charge is -2.04. The Morgan fingerprint density at radius 1 is 1.50 bits per heavy atom. The number of benzene rings is 1. The van der Waals surface area contributed by atoms with Gasteiger partial charge in [0.2, 0.25) is 0 Å². The maximum atomic E-state index is 10.7. The molecule has 0 aliphatic carbocycles. The van der Waals surface area contributed by atoms with Gasteiger partial charge in [0.1, 0.15) is 5.75 Å². The van der Waals surface area contributed by atoms with E-state index in [0.29, 0.717) is 5.75 Å². The van der Waals surface area contributed by atoms with Crippen LogP contribution in [0.4, 0.5) is 0 Å². The second-order valence-corrected chi connectivity index (χ2v) is 2.72. The number of para-hydroxylation sites is 1. The van der Waals surface area contributed by atoms with E-state index in [1.165, 1.54) is 6.92 Å². The van der Waals surface area contributed by atoms with E-state index in [0.717, 1.165) is 5.56 Å². The molecule has 0 unspecified atom stereocenters. The van der Waals surface area contributed by atoms with Gasteiger partial charge in [0.05, 0.1) is 6.61 Å². The fourth-order valence-corrected chi connectivity index (χ4v) is 1.05. The summed E-state index contributed by atoms with van der Waals surface area (Å²) in [5.74, 6) is 0.152. The van der Waals surface area contributed by atoms with Gasteiger partial charge < -0.3 is 9.84 Å². The van der Waals surface area contributed by atoms with Gasteiger partial charge in [0, 0.05) is 12.5 Å². The molecule has 1 aromatic rings. The summed E-state index contributed by atoms with van der Waals surface area (Å²) >= 11 is 0. The van der Waals surface area contributed by atoms with Crippen LogP contribution in [0.15, 0.2) is 30.3 Å². The molecular weight excluding hydrogens is 180 g/mol. The number of carbonyl (C=O) groups excluding carboxylic acids is 1. The predicted molar refractivity (Wildman–Crippen MR) is 53.9 cm³/mol. The molecule has 1 aromatic carbocycles. The predicted octanol–water partition coefficient (Wildman–Crippen LogP) is 1.62. The quantitative estimate of drug-likeness (QED) is 0.584. The van der Waals surface area contributed by atoms with Crippen LogP contribution in [0.3, 0.4) is 0 Å². The molecule has 0 aromatic heterocycles. The van der Waals surface area contributed by atoms with Crippen LogP contribution in [0, 0.1) is 0 Å². The maximum absolute atomic E-state index is 10.7. The zero-order valence-electron chi connectivity index (χ0n) is 7.93. The van der Waals surface area contributed by atoms with E-state index in [9.17, 15) is 4.79 Å². The molecule has 3 nitrogen and oxygen atoms in total. The van der Waals surface area contributed by atoms with Crippen LogP contribution in [0.5, 0.6) is 5.75 Å². The molecule has 0 atom stereocenters. The third-order valence-electron chi connectivity index (χ3n) is 1.58. The van der Waals surface area contributed by atoms with E-state index >= 15 is 0 Å². The van der Waals surface area contributed by atoms with Crippen molar-refractivity contribution in [2.24, 2.45) is 0 Å². The van der Waals surface area contributed by atoms with Crippen molar-refractivity contribution >= 4 is 12.0 Å². The van der Waals surface area contributed by atoms with Crippen molar-refractivity contribution < 1.29 is 14.6 Å². The second kappa shape index (κ2) is 5.19. The first-order valence-electron chi connectivity index (χ1n) is 4.29. The van der Waals surface area contributed by atoms with Gasteiger partial charge in [-0.05, 0) is 6.07 Å². The number of hydrogen-bond acceptors (Lipinski definition) is 3. The Bertz CT molecular complexity index is 342. The van der Waals surface area contributed by atoms with E-state index in [-0.39, 0.29) is 12.6 Å². The maximum Gasteiger partial charge on any atom is 0.308 e. The summed E-state index contributed by atoms with van der Waals surface area (Å²) in [6.07, 6.45) is 3.29.